The van der Waals surface area contributed by atoms with Gasteiger partial charge >= 0.3 is 12.0 Å². The molecule has 6 heteroatoms. The van der Waals surface area contributed by atoms with Crippen molar-refractivity contribution in [1.29, 1.82) is 0 Å². The number of aliphatic carboxylic acids is 1. The molecule has 1 fully saturated rings. The van der Waals surface area contributed by atoms with Crippen LogP contribution in [0.15, 0.2) is 0 Å². The van der Waals surface area contributed by atoms with E-state index in [4.69, 9.17) is 5.11 Å². The quantitative estimate of drug-likeness (QED) is 0.790. The molecule has 21 heavy (non-hydrogen) atoms. The summed E-state index contributed by atoms with van der Waals surface area (Å²) in [5.74, 6) is 0.547. The van der Waals surface area contributed by atoms with Gasteiger partial charge in [-0.05, 0) is 25.2 Å². The van der Waals surface area contributed by atoms with Gasteiger partial charge in [0.2, 0.25) is 0 Å². The number of carboxylic acids is 1. The normalized spacial score (nSPS) is 19.7. The highest BCUT2D eigenvalue weighted by Gasteiger charge is 2.25. The number of rotatable bonds is 6. The molecule has 1 unspecified atom stereocenters. The minimum Gasteiger partial charge on any atom is -0.481 e. The summed E-state index contributed by atoms with van der Waals surface area (Å²) in [4.78, 5) is 24.5. The number of carbonyl (C=O) groups excluding carboxylic acids is 1. The lowest BCUT2D eigenvalue weighted by Crippen LogP contribution is -2.42. The fourth-order valence-electron chi connectivity index (χ4n) is 2.27. The number of hydrogen-bond acceptors (Lipinski definition) is 3. The maximum atomic E-state index is 12.1. The Morgan fingerprint density at radius 1 is 1.33 bits per heavy atom. The predicted octanol–water partition coefficient (Wildman–Crippen LogP) is 2.80. The van der Waals surface area contributed by atoms with Crippen molar-refractivity contribution in [3.8, 4) is 0 Å². The van der Waals surface area contributed by atoms with Crippen molar-refractivity contribution in [2.75, 3.05) is 25.4 Å². The van der Waals surface area contributed by atoms with Crippen LogP contribution in [-0.2, 0) is 4.79 Å². The molecule has 5 nitrogen and oxygen atoms in total. The van der Waals surface area contributed by atoms with Crippen molar-refractivity contribution in [1.82, 2.24) is 10.2 Å². The zero-order valence-corrected chi connectivity index (χ0v) is 14.2. The summed E-state index contributed by atoms with van der Waals surface area (Å²) in [6.07, 6.45) is 2.71. The standard InChI is InChI=1S/C15H28N2O3S/c1-12(4-5-13(18)19)6-8-16-14(20)17-9-7-15(2,3)21-11-10-17/h12H,4-11H2,1-3H3,(H,16,20)(H,18,19). The first kappa shape index (κ1) is 18.1. The average molecular weight is 316 g/mol. The molecule has 0 saturated carbocycles. The Balaban J connectivity index is 2.22. The van der Waals surface area contributed by atoms with Crippen molar-refractivity contribution in [3.63, 3.8) is 0 Å². The Morgan fingerprint density at radius 3 is 2.71 bits per heavy atom. The fourth-order valence-corrected chi connectivity index (χ4v) is 3.37. The van der Waals surface area contributed by atoms with Gasteiger partial charge in [0.1, 0.15) is 0 Å². The maximum absolute atomic E-state index is 12.1. The summed E-state index contributed by atoms with van der Waals surface area (Å²) in [5, 5.41) is 11.6. The number of urea groups is 1. The fraction of sp³-hybridized carbons (Fsp3) is 0.867. The number of thioether (sulfide) groups is 1. The van der Waals surface area contributed by atoms with Crippen molar-refractivity contribution in [3.05, 3.63) is 0 Å². The molecule has 1 atom stereocenters. The molecule has 0 aromatic carbocycles. The lowest BCUT2D eigenvalue weighted by atomic mass is 10.0. The molecule has 122 valence electrons. The van der Waals surface area contributed by atoms with Crippen molar-refractivity contribution in [2.24, 2.45) is 5.92 Å². The third kappa shape index (κ3) is 7.60. The second-order valence-electron chi connectivity index (χ2n) is 6.40. The van der Waals surface area contributed by atoms with Gasteiger partial charge in [-0.15, -0.1) is 0 Å². The molecule has 1 saturated heterocycles. The van der Waals surface area contributed by atoms with Crippen LogP contribution in [0.5, 0.6) is 0 Å². The molecule has 1 rings (SSSR count). The second-order valence-corrected chi connectivity index (χ2v) is 8.21. The summed E-state index contributed by atoms with van der Waals surface area (Å²) >= 11 is 1.92. The Kier molecular flexibility index (Phi) is 7.35. The van der Waals surface area contributed by atoms with Crippen LogP contribution >= 0.6 is 11.8 Å². The van der Waals surface area contributed by atoms with Crippen LogP contribution in [0.25, 0.3) is 0 Å². The van der Waals surface area contributed by atoms with E-state index in [0.29, 0.717) is 18.9 Å². The molecule has 1 heterocycles. The first-order valence-corrected chi connectivity index (χ1v) is 8.67. The van der Waals surface area contributed by atoms with E-state index < -0.39 is 5.97 Å². The lowest BCUT2D eigenvalue weighted by molar-refractivity contribution is -0.137. The van der Waals surface area contributed by atoms with E-state index >= 15 is 0 Å². The summed E-state index contributed by atoms with van der Waals surface area (Å²) in [6, 6.07) is 0.0127. The Bertz CT molecular complexity index is 361. The van der Waals surface area contributed by atoms with E-state index in [1.807, 2.05) is 23.6 Å². The lowest BCUT2D eigenvalue weighted by Gasteiger charge is -2.23. The number of nitrogens with zero attached hydrogens (tertiary/aromatic N) is 1. The van der Waals surface area contributed by atoms with Crippen LogP contribution in [0.4, 0.5) is 4.79 Å². The van der Waals surface area contributed by atoms with Crippen molar-refractivity contribution in [2.45, 2.75) is 51.2 Å². The summed E-state index contributed by atoms with van der Waals surface area (Å²) in [5.41, 5.74) is 0. The highest BCUT2D eigenvalue weighted by molar-refractivity contribution is 8.00. The smallest absolute Gasteiger partial charge is 0.317 e. The maximum Gasteiger partial charge on any atom is 0.317 e. The van der Waals surface area contributed by atoms with Crippen LogP contribution in [0, 0.1) is 5.92 Å². The zero-order chi connectivity index (χ0) is 15.9. The topological polar surface area (TPSA) is 69.6 Å². The first-order valence-electron chi connectivity index (χ1n) is 7.69. The first-order chi connectivity index (χ1) is 9.80. The van der Waals surface area contributed by atoms with Gasteiger partial charge in [0.05, 0.1) is 0 Å². The largest absolute Gasteiger partial charge is 0.481 e. The van der Waals surface area contributed by atoms with Crippen LogP contribution < -0.4 is 5.32 Å². The third-order valence-corrected chi connectivity index (χ3v) is 5.26. The predicted molar refractivity (Wildman–Crippen MR) is 86.8 cm³/mol. The Morgan fingerprint density at radius 2 is 2.05 bits per heavy atom. The molecule has 1 aliphatic rings. The van der Waals surface area contributed by atoms with E-state index in [0.717, 1.165) is 31.7 Å². The number of nitrogens with one attached hydrogen (secondary N) is 1. The molecule has 1 aliphatic heterocycles. The molecular formula is C15H28N2O3S. The highest BCUT2D eigenvalue weighted by Crippen LogP contribution is 2.30. The molecular weight excluding hydrogens is 288 g/mol. The van der Waals surface area contributed by atoms with Gasteiger partial charge in [-0.3, -0.25) is 4.79 Å². The van der Waals surface area contributed by atoms with Gasteiger partial charge in [-0.2, -0.15) is 11.8 Å². The number of amides is 2. The summed E-state index contributed by atoms with van der Waals surface area (Å²) in [6.45, 7) is 8.70. The molecule has 0 aromatic rings. The van der Waals surface area contributed by atoms with Gasteiger partial charge < -0.3 is 15.3 Å². The van der Waals surface area contributed by atoms with E-state index in [-0.39, 0.29) is 17.2 Å². The Labute approximate surface area is 131 Å². The molecule has 0 spiro atoms. The van der Waals surface area contributed by atoms with Crippen LogP contribution in [0.2, 0.25) is 0 Å². The third-order valence-electron chi connectivity index (χ3n) is 3.89. The average Bonchev–Trinajstić information content (AvgIpc) is 2.57. The SMILES string of the molecule is CC(CCNC(=O)N1CCSC(C)(C)CC1)CCC(=O)O. The molecule has 0 aromatic heterocycles. The zero-order valence-electron chi connectivity index (χ0n) is 13.4. The molecule has 2 N–H and O–H groups in total. The summed E-state index contributed by atoms with van der Waals surface area (Å²) < 4.78 is 0.250. The molecule has 0 aliphatic carbocycles. The van der Waals surface area contributed by atoms with Crippen LogP contribution in [0.3, 0.4) is 0 Å². The van der Waals surface area contributed by atoms with Gasteiger partial charge in [-0.1, -0.05) is 20.8 Å². The Hall–Kier alpha value is -0.910. The molecule has 0 radical (unpaired) electrons. The van der Waals surface area contributed by atoms with E-state index in [1.165, 1.54) is 0 Å². The number of carbonyl (C=O) groups is 2. The van der Waals surface area contributed by atoms with Crippen molar-refractivity contribution < 1.29 is 14.7 Å². The van der Waals surface area contributed by atoms with Gasteiger partial charge in [-0.25, -0.2) is 4.79 Å². The van der Waals surface area contributed by atoms with Gasteiger partial charge in [0.25, 0.3) is 0 Å². The second kappa shape index (κ2) is 8.51. The number of carboxylic acid groups (broad SMARTS) is 1. The molecule has 2 amide bonds. The minimum atomic E-state index is -0.754. The van der Waals surface area contributed by atoms with E-state index in [2.05, 4.69) is 19.2 Å². The van der Waals surface area contributed by atoms with E-state index in [1.54, 1.807) is 0 Å². The van der Waals surface area contributed by atoms with Crippen molar-refractivity contribution >= 4 is 23.8 Å². The molecule has 0 bridgehead atoms. The summed E-state index contributed by atoms with van der Waals surface area (Å²) in [7, 11) is 0. The van der Waals surface area contributed by atoms with E-state index in [9.17, 15) is 9.59 Å². The van der Waals surface area contributed by atoms with Gasteiger partial charge in [0, 0.05) is 36.6 Å². The monoisotopic (exact) mass is 316 g/mol. The minimum absolute atomic E-state index is 0.0127. The highest BCUT2D eigenvalue weighted by atomic mass is 32.2. The number of hydrogen-bond donors (Lipinski definition) is 2. The van der Waals surface area contributed by atoms with Crippen LogP contribution in [-0.4, -0.2) is 52.1 Å². The van der Waals surface area contributed by atoms with Gasteiger partial charge in [0.15, 0.2) is 0 Å². The van der Waals surface area contributed by atoms with Crippen LogP contribution in [0.1, 0.15) is 46.5 Å².